The van der Waals surface area contributed by atoms with Crippen molar-refractivity contribution in [3.63, 3.8) is 0 Å². The average Bonchev–Trinajstić information content (AvgIpc) is 2.14. The predicted molar refractivity (Wildman–Crippen MR) is 60.1 cm³/mol. The first-order valence-corrected chi connectivity index (χ1v) is 5.33. The van der Waals surface area contributed by atoms with Gasteiger partial charge in [0.2, 0.25) is 0 Å². The fourth-order valence-corrected chi connectivity index (χ4v) is 1.17. The number of hydrogen-bond acceptors (Lipinski definition) is 3. The average molecular weight is 217 g/mol. The van der Waals surface area contributed by atoms with E-state index < -0.39 is 5.97 Å². The second-order valence-corrected chi connectivity index (χ2v) is 4.51. The molecule has 0 unspecified atom stereocenters. The fourth-order valence-electron chi connectivity index (χ4n) is 1.17. The highest BCUT2D eigenvalue weighted by Crippen LogP contribution is 2.13. The van der Waals surface area contributed by atoms with Gasteiger partial charge in [-0.3, -0.25) is 4.79 Å². The molecule has 4 heteroatoms. The minimum atomic E-state index is -0.722. The first-order chi connectivity index (χ1) is 6.87. The van der Waals surface area contributed by atoms with Crippen LogP contribution in [0.3, 0.4) is 0 Å². The molecule has 0 amide bonds. The van der Waals surface area contributed by atoms with Crippen molar-refractivity contribution < 1.29 is 14.6 Å². The van der Waals surface area contributed by atoms with Crippen LogP contribution in [0, 0.1) is 0 Å². The van der Waals surface area contributed by atoms with Gasteiger partial charge in [-0.25, -0.2) is 0 Å². The lowest BCUT2D eigenvalue weighted by molar-refractivity contribution is -0.137. The summed E-state index contributed by atoms with van der Waals surface area (Å²) < 4.78 is 5.31. The molecule has 0 bridgehead atoms. The zero-order chi connectivity index (χ0) is 11.9. The van der Waals surface area contributed by atoms with Crippen LogP contribution in [0.1, 0.15) is 33.1 Å². The van der Waals surface area contributed by atoms with Gasteiger partial charge in [0.15, 0.2) is 0 Å². The van der Waals surface area contributed by atoms with Gasteiger partial charge in [-0.15, -0.1) is 0 Å². The molecule has 15 heavy (non-hydrogen) atoms. The Labute approximate surface area is 92.2 Å². The highest BCUT2D eigenvalue weighted by molar-refractivity contribution is 5.66. The smallest absolute Gasteiger partial charge is 0.303 e. The van der Waals surface area contributed by atoms with E-state index in [4.69, 9.17) is 9.84 Å². The molecule has 0 saturated carbocycles. The van der Waals surface area contributed by atoms with Crippen molar-refractivity contribution in [2.75, 3.05) is 27.2 Å². The summed E-state index contributed by atoms with van der Waals surface area (Å²) in [6.07, 6.45) is 1.91. The summed E-state index contributed by atoms with van der Waals surface area (Å²) in [5, 5.41) is 8.49. The summed E-state index contributed by atoms with van der Waals surface area (Å²) in [6.45, 7) is 5.86. The fraction of sp³-hybridized carbons (Fsp3) is 0.909. The lowest BCUT2D eigenvalue weighted by atomic mass is 10.1. The normalized spacial score (nSPS) is 12.1. The Hall–Kier alpha value is -0.610. The number of aliphatic carboxylic acids is 1. The molecule has 0 saturated heterocycles. The summed E-state index contributed by atoms with van der Waals surface area (Å²) in [5.74, 6) is -0.722. The Kier molecular flexibility index (Phi) is 6.52. The third-order valence-corrected chi connectivity index (χ3v) is 2.58. The number of nitrogens with zero attached hydrogens (tertiary/aromatic N) is 1. The molecule has 90 valence electrons. The van der Waals surface area contributed by atoms with Crippen LogP contribution in [-0.4, -0.2) is 48.8 Å². The number of carboxylic acids is 1. The SMILES string of the molecule is COC(C)(C)CCN(C)CCCC(=O)O. The van der Waals surface area contributed by atoms with E-state index in [2.05, 4.69) is 18.7 Å². The van der Waals surface area contributed by atoms with Crippen molar-refractivity contribution >= 4 is 5.97 Å². The summed E-state index contributed by atoms with van der Waals surface area (Å²) in [7, 11) is 3.72. The van der Waals surface area contributed by atoms with Crippen LogP contribution in [0.4, 0.5) is 0 Å². The Morgan fingerprint density at radius 1 is 1.40 bits per heavy atom. The van der Waals surface area contributed by atoms with Gasteiger partial charge >= 0.3 is 5.97 Å². The first kappa shape index (κ1) is 14.4. The summed E-state index contributed by atoms with van der Waals surface area (Å²) in [5.41, 5.74) is -0.0962. The van der Waals surface area contributed by atoms with Crippen molar-refractivity contribution in [3.8, 4) is 0 Å². The van der Waals surface area contributed by atoms with Crippen molar-refractivity contribution in [2.24, 2.45) is 0 Å². The van der Waals surface area contributed by atoms with E-state index in [1.165, 1.54) is 0 Å². The minimum Gasteiger partial charge on any atom is -0.481 e. The molecule has 0 atom stereocenters. The standard InChI is InChI=1S/C11H23NO3/c1-11(2,15-4)7-9-12(3)8-5-6-10(13)14/h5-9H2,1-4H3,(H,13,14). The van der Waals surface area contributed by atoms with Gasteiger partial charge in [-0.05, 0) is 40.3 Å². The van der Waals surface area contributed by atoms with Crippen LogP contribution < -0.4 is 0 Å². The largest absolute Gasteiger partial charge is 0.481 e. The van der Waals surface area contributed by atoms with E-state index in [0.29, 0.717) is 6.42 Å². The molecule has 1 N–H and O–H groups in total. The van der Waals surface area contributed by atoms with E-state index in [9.17, 15) is 4.79 Å². The van der Waals surface area contributed by atoms with Gasteiger partial charge in [0.25, 0.3) is 0 Å². The predicted octanol–water partition coefficient (Wildman–Crippen LogP) is 1.60. The quantitative estimate of drug-likeness (QED) is 0.671. The minimum absolute atomic E-state index is 0.0962. The van der Waals surface area contributed by atoms with Crippen molar-refractivity contribution in [2.45, 2.75) is 38.7 Å². The van der Waals surface area contributed by atoms with Crippen molar-refractivity contribution in [1.82, 2.24) is 4.90 Å². The highest BCUT2D eigenvalue weighted by atomic mass is 16.5. The maximum absolute atomic E-state index is 10.3. The van der Waals surface area contributed by atoms with Gasteiger partial charge in [0.05, 0.1) is 5.60 Å². The molecule has 0 aromatic carbocycles. The maximum atomic E-state index is 10.3. The Balaban J connectivity index is 3.57. The van der Waals surface area contributed by atoms with Gasteiger partial charge in [0, 0.05) is 20.1 Å². The third-order valence-electron chi connectivity index (χ3n) is 2.58. The second-order valence-electron chi connectivity index (χ2n) is 4.51. The molecule has 0 aliphatic rings. The number of hydrogen-bond donors (Lipinski definition) is 1. The van der Waals surface area contributed by atoms with Gasteiger partial charge in [-0.2, -0.15) is 0 Å². The molecule has 0 aromatic heterocycles. The van der Waals surface area contributed by atoms with Crippen molar-refractivity contribution in [3.05, 3.63) is 0 Å². The monoisotopic (exact) mass is 217 g/mol. The number of methoxy groups -OCH3 is 1. The lowest BCUT2D eigenvalue weighted by Crippen LogP contribution is -2.30. The summed E-state index contributed by atoms with van der Waals surface area (Å²) in [6, 6.07) is 0. The molecule has 0 heterocycles. The van der Waals surface area contributed by atoms with Crippen LogP contribution in [0.15, 0.2) is 0 Å². The van der Waals surface area contributed by atoms with E-state index in [0.717, 1.165) is 19.5 Å². The van der Waals surface area contributed by atoms with E-state index in [1.54, 1.807) is 7.11 Å². The van der Waals surface area contributed by atoms with Crippen LogP contribution in [0.2, 0.25) is 0 Å². The van der Waals surface area contributed by atoms with E-state index in [1.807, 2.05) is 7.05 Å². The summed E-state index contributed by atoms with van der Waals surface area (Å²) in [4.78, 5) is 12.4. The van der Waals surface area contributed by atoms with Crippen LogP contribution >= 0.6 is 0 Å². The Bertz CT molecular complexity index is 192. The van der Waals surface area contributed by atoms with Gasteiger partial charge < -0.3 is 14.7 Å². The topological polar surface area (TPSA) is 49.8 Å². The maximum Gasteiger partial charge on any atom is 0.303 e. The highest BCUT2D eigenvalue weighted by Gasteiger charge is 2.16. The van der Waals surface area contributed by atoms with Crippen LogP contribution in [0.25, 0.3) is 0 Å². The van der Waals surface area contributed by atoms with E-state index >= 15 is 0 Å². The second kappa shape index (κ2) is 6.80. The number of ether oxygens (including phenoxy) is 1. The van der Waals surface area contributed by atoms with Crippen LogP contribution in [-0.2, 0) is 9.53 Å². The van der Waals surface area contributed by atoms with Crippen LogP contribution in [0.5, 0.6) is 0 Å². The molecule has 0 fully saturated rings. The Morgan fingerprint density at radius 3 is 2.47 bits per heavy atom. The molecule has 0 aromatic rings. The molecule has 0 aliphatic carbocycles. The first-order valence-electron chi connectivity index (χ1n) is 5.33. The lowest BCUT2D eigenvalue weighted by Gasteiger charge is -2.26. The zero-order valence-corrected chi connectivity index (χ0v) is 10.2. The van der Waals surface area contributed by atoms with E-state index in [-0.39, 0.29) is 12.0 Å². The molecule has 0 radical (unpaired) electrons. The van der Waals surface area contributed by atoms with Gasteiger partial charge in [0.1, 0.15) is 0 Å². The zero-order valence-electron chi connectivity index (χ0n) is 10.2. The molecule has 0 rings (SSSR count). The molecule has 0 spiro atoms. The van der Waals surface area contributed by atoms with Crippen molar-refractivity contribution in [1.29, 1.82) is 0 Å². The summed E-state index contributed by atoms with van der Waals surface area (Å²) >= 11 is 0. The molecule has 0 aliphatic heterocycles. The third kappa shape index (κ3) is 8.39. The number of rotatable bonds is 8. The molecular weight excluding hydrogens is 194 g/mol. The number of carbonyl (C=O) groups is 1. The van der Waals surface area contributed by atoms with Gasteiger partial charge in [-0.1, -0.05) is 0 Å². The molecule has 4 nitrogen and oxygen atoms in total. The Morgan fingerprint density at radius 2 is 2.00 bits per heavy atom. The molecular formula is C11H23NO3. The number of carboxylic acid groups (broad SMARTS) is 1.